The van der Waals surface area contributed by atoms with E-state index in [9.17, 15) is 0 Å². The summed E-state index contributed by atoms with van der Waals surface area (Å²) in [4.78, 5) is 1.14. The van der Waals surface area contributed by atoms with E-state index in [0.717, 1.165) is 9.92 Å². The fourth-order valence-electron chi connectivity index (χ4n) is 3.97. The largest absolute Gasteiger partial charge is 0.127 e. The van der Waals surface area contributed by atoms with Gasteiger partial charge in [-0.05, 0) is 56.5 Å². The first kappa shape index (κ1) is 15.1. The number of rotatable bonds is 2. The van der Waals surface area contributed by atoms with Gasteiger partial charge < -0.3 is 0 Å². The minimum Gasteiger partial charge on any atom is -0.127 e. The third-order valence-corrected chi connectivity index (χ3v) is 6.28. The molecule has 120 valence electrons. The van der Waals surface area contributed by atoms with Crippen molar-refractivity contribution in [1.82, 2.24) is 0 Å². The molecule has 0 unspecified atom stereocenters. The summed E-state index contributed by atoms with van der Waals surface area (Å²) in [6.45, 7) is 0. The fraction of sp³-hybridized carbons (Fsp3) is 0.0435. The number of thioether (sulfide) groups is 1. The molecule has 0 atom stereocenters. The summed E-state index contributed by atoms with van der Waals surface area (Å²) >= 11 is 8.16. The van der Waals surface area contributed by atoms with Crippen LogP contribution in [0.1, 0.15) is 0 Å². The van der Waals surface area contributed by atoms with Gasteiger partial charge >= 0.3 is 0 Å². The average Bonchev–Trinajstić information content (AvgIpc) is 2.98. The van der Waals surface area contributed by atoms with Crippen molar-refractivity contribution in [3.63, 3.8) is 0 Å². The lowest BCUT2D eigenvalue weighted by molar-refractivity contribution is 1.46. The van der Waals surface area contributed by atoms with E-state index in [4.69, 9.17) is 11.6 Å². The number of hydrogen-bond acceptors (Lipinski definition) is 1. The van der Waals surface area contributed by atoms with Crippen molar-refractivity contribution < 1.29 is 0 Å². The maximum atomic E-state index is 6.46. The molecule has 25 heavy (non-hydrogen) atoms. The molecule has 0 bridgehead atoms. The highest BCUT2D eigenvalue weighted by Crippen LogP contribution is 2.50. The number of halogens is 1. The first-order chi connectivity index (χ1) is 12.3. The minimum absolute atomic E-state index is 0.816. The van der Waals surface area contributed by atoms with Crippen LogP contribution in [0.3, 0.4) is 0 Å². The van der Waals surface area contributed by atoms with Gasteiger partial charge in [0.25, 0.3) is 0 Å². The molecule has 0 saturated carbocycles. The Labute approximate surface area is 156 Å². The van der Waals surface area contributed by atoms with Gasteiger partial charge in [-0.25, -0.2) is 0 Å². The van der Waals surface area contributed by atoms with Gasteiger partial charge in [0.2, 0.25) is 0 Å². The molecular weight excluding hydrogens is 344 g/mol. The van der Waals surface area contributed by atoms with Gasteiger partial charge in [0.1, 0.15) is 0 Å². The summed E-state index contributed by atoms with van der Waals surface area (Å²) in [5.74, 6) is 0. The van der Waals surface area contributed by atoms with Crippen molar-refractivity contribution in [2.24, 2.45) is 0 Å². The van der Waals surface area contributed by atoms with Crippen LogP contribution in [0, 0.1) is 0 Å². The van der Waals surface area contributed by atoms with Gasteiger partial charge in [0.05, 0.1) is 5.02 Å². The molecule has 0 N–H and O–H groups in total. The second-order valence-corrected chi connectivity index (χ2v) is 7.48. The Morgan fingerprint density at radius 2 is 1.20 bits per heavy atom. The predicted molar refractivity (Wildman–Crippen MR) is 111 cm³/mol. The summed E-state index contributed by atoms with van der Waals surface area (Å²) in [5.41, 5.74) is 7.78. The third kappa shape index (κ3) is 2.09. The zero-order chi connectivity index (χ0) is 17.0. The van der Waals surface area contributed by atoms with Crippen LogP contribution < -0.4 is 0 Å². The zero-order valence-electron chi connectivity index (χ0n) is 13.7. The molecule has 0 spiro atoms. The summed E-state index contributed by atoms with van der Waals surface area (Å²) in [6.07, 6.45) is 2.08. The number of fused-ring (bicyclic) bond motifs is 3. The van der Waals surface area contributed by atoms with E-state index in [0.29, 0.717) is 0 Å². The molecule has 0 heterocycles. The van der Waals surface area contributed by atoms with Crippen LogP contribution in [0.25, 0.3) is 44.2 Å². The van der Waals surface area contributed by atoms with Gasteiger partial charge in [-0.15, -0.1) is 11.8 Å². The molecule has 0 aromatic heterocycles. The van der Waals surface area contributed by atoms with Crippen LogP contribution in [0.2, 0.25) is 5.02 Å². The van der Waals surface area contributed by atoms with E-state index in [-0.39, 0.29) is 0 Å². The first-order valence-corrected chi connectivity index (χ1v) is 9.88. The van der Waals surface area contributed by atoms with E-state index in [2.05, 4.69) is 66.9 Å². The molecule has 5 rings (SSSR count). The van der Waals surface area contributed by atoms with Gasteiger partial charge in [-0.2, -0.15) is 0 Å². The molecule has 0 saturated heterocycles. The Balaban J connectivity index is 1.88. The topological polar surface area (TPSA) is 0 Å². The molecule has 0 radical (unpaired) electrons. The van der Waals surface area contributed by atoms with Crippen LogP contribution >= 0.6 is 23.4 Å². The predicted octanol–water partition coefficient (Wildman–Crippen LogP) is 7.53. The molecule has 2 heteroatoms. The lowest BCUT2D eigenvalue weighted by Crippen LogP contribution is -1.87. The summed E-state index contributed by atoms with van der Waals surface area (Å²) < 4.78 is 0. The highest BCUT2D eigenvalue weighted by Gasteiger charge is 2.22. The molecular formula is C23H15ClS. The highest BCUT2D eigenvalue weighted by molar-refractivity contribution is 7.98. The summed E-state index contributed by atoms with van der Waals surface area (Å²) in [6, 6.07) is 26.0. The molecule has 4 aromatic carbocycles. The van der Waals surface area contributed by atoms with Crippen LogP contribution in [0.4, 0.5) is 0 Å². The van der Waals surface area contributed by atoms with Crippen molar-refractivity contribution in [3.05, 3.63) is 77.8 Å². The van der Waals surface area contributed by atoms with E-state index in [1.54, 1.807) is 11.8 Å². The smallest absolute Gasteiger partial charge is 0.0548 e. The molecule has 1 aliphatic rings. The molecule has 0 fully saturated rings. The van der Waals surface area contributed by atoms with Gasteiger partial charge in [0, 0.05) is 4.90 Å². The summed E-state index contributed by atoms with van der Waals surface area (Å²) in [5, 5.41) is 3.47. The van der Waals surface area contributed by atoms with Crippen molar-refractivity contribution in [2.45, 2.75) is 4.90 Å². The van der Waals surface area contributed by atoms with E-state index >= 15 is 0 Å². The fourth-order valence-corrected chi connectivity index (χ4v) is 5.04. The van der Waals surface area contributed by atoms with Gasteiger partial charge in [-0.1, -0.05) is 78.3 Å². The maximum absolute atomic E-state index is 6.46. The quantitative estimate of drug-likeness (QED) is 0.294. The van der Waals surface area contributed by atoms with Crippen molar-refractivity contribution >= 4 is 34.1 Å². The minimum atomic E-state index is 0.816. The Kier molecular flexibility index (Phi) is 3.41. The SMILES string of the molecule is CSc1c(Cl)cccc1-c1ccc2c3c(cccc13)-c1ccccc1-2. The number of hydrogen-bond donors (Lipinski definition) is 0. The van der Waals surface area contributed by atoms with E-state index in [1.165, 1.54) is 44.2 Å². The van der Waals surface area contributed by atoms with Crippen molar-refractivity contribution in [2.75, 3.05) is 6.26 Å². The van der Waals surface area contributed by atoms with Gasteiger partial charge in [-0.3, -0.25) is 0 Å². The second kappa shape index (κ2) is 5.66. The highest BCUT2D eigenvalue weighted by atomic mass is 35.5. The van der Waals surface area contributed by atoms with Crippen LogP contribution in [-0.4, -0.2) is 6.26 Å². The van der Waals surface area contributed by atoms with Crippen molar-refractivity contribution in [1.29, 1.82) is 0 Å². The molecule has 0 aliphatic heterocycles. The van der Waals surface area contributed by atoms with Crippen LogP contribution in [0.15, 0.2) is 77.7 Å². The molecule has 0 nitrogen and oxygen atoms in total. The van der Waals surface area contributed by atoms with Gasteiger partial charge in [0.15, 0.2) is 0 Å². The van der Waals surface area contributed by atoms with E-state index in [1.807, 2.05) is 12.1 Å². The average molecular weight is 359 g/mol. The second-order valence-electron chi connectivity index (χ2n) is 6.26. The Morgan fingerprint density at radius 3 is 1.96 bits per heavy atom. The molecule has 4 aromatic rings. The lowest BCUT2D eigenvalue weighted by atomic mass is 9.94. The van der Waals surface area contributed by atoms with E-state index < -0.39 is 0 Å². The molecule has 0 amide bonds. The monoisotopic (exact) mass is 358 g/mol. The lowest BCUT2D eigenvalue weighted by Gasteiger charge is -2.13. The molecule has 1 aliphatic carbocycles. The summed E-state index contributed by atoms with van der Waals surface area (Å²) in [7, 11) is 0. The maximum Gasteiger partial charge on any atom is 0.0548 e. The van der Waals surface area contributed by atoms with Crippen LogP contribution in [-0.2, 0) is 0 Å². The standard InChI is InChI=1S/C23H15ClS/c1-25-23-20(10-5-11-21(23)24)16-12-13-19-15-7-3-2-6-14(15)17-8-4-9-18(16)22(17)19/h2-13H,1H3. The third-order valence-electron chi connectivity index (χ3n) is 5.01. The Morgan fingerprint density at radius 1 is 0.600 bits per heavy atom. The number of benzene rings is 4. The Bertz CT molecular complexity index is 1110. The normalized spacial score (nSPS) is 11.8. The van der Waals surface area contributed by atoms with Crippen LogP contribution in [0.5, 0.6) is 0 Å². The van der Waals surface area contributed by atoms with Crippen molar-refractivity contribution in [3.8, 4) is 33.4 Å². The zero-order valence-corrected chi connectivity index (χ0v) is 15.3. The first-order valence-electron chi connectivity index (χ1n) is 8.28. The Hall–Kier alpha value is -2.22.